The van der Waals surface area contributed by atoms with Gasteiger partial charge in [-0.1, -0.05) is 19.1 Å². The topological polar surface area (TPSA) is 50.8 Å². The fourth-order valence-electron chi connectivity index (χ4n) is 3.79. The lowest BCUT2D eigenvalue weighted by atomic mass is 9.98. The Morgan fingerprint density at radius 3 is 2.43 bits per heavy atom. The maximum Gasteiger partial charge on any atom is 0.251 e. The molecule has 148 valence electrons. The molecule has 2 aliphatic heterocycles. The first-order chi connectivity index (χ1) is 13.6. The monoisotopic (exact) mass is 380 g/mol. The summed E-state index contributed by atoms with van der Waals surface area (Å²) in [6.07, 6.45) is 2.51. The zero-order chi connectivity index (χ0) is 19.5. The van der Waals surface area contributed by atoms with Gasteiger partial charge in [0.25, 0.3) is 5.91 Å². The molecule has 0 bridgehead atoms. The Morgan fingerprint density at radius 1 is 1.04 bits per heavy atom. The number of ether oxygens (including phenoxy) is 2. The van der Waals surface area contributed by atoms with Gasteiger partial charge in [0.05, 0.1) is 6.04 Å². The van der Waals surface area contributed by atoms with Gasteiger partial charge >= 0.3 is 0 Å². The van der Waals surface area contributed by atoms with E-state index < -0.39 is 0 Å². The molecule has 1 N–H and O–H groups in total. The van der Waals surface area contributed by atoms with Crippen LogP contribution in [0.1, 0.15) is 48.7 Å². The summed E-state index contributed by atoms with van der Waals surface area (Å²) in [5, 5.41) is 3.08. The summed E-state index contributed by atoms with van der Waals surface area (Å²) in [5.41, 5.74) is 2.94. The molecule has 2 heterocycles. The number of anilines is 1. The summed E-state index contributed by atoms with van der Waals surface area (Å²) in [6.45, 7) is 7.63. The second-order valence-corrected chi connectivity index (χ2v) is 7.81. The van der Waals surface area contributed by atoms with Crippen LogP contribution in [0.15, 0.2) is 42.5 Å². The number of carbonyl (C=O) groups excluding carboxylic acids is 1. The van der Waals surface area contributed by atoms with Gasteiger partial charge < -0.3 is 19.7 Å². The third kappa shape index (κ3) is 4.08. The first-order valence-electron chi connectivity index (χ1n) is 10.2. The smallest absolute Gasteiger partial charge is 0.251 e. The van der Waals surface area contributed by atoms with Gasteiger partial charge in [0.2, 0.25) is 0 Å². The van der Waals surface area contributed by atoms with E-state index in [4.69, 9.17) is 9.47 Å². The Balaban J connectivity index is 1.39. The van der Waals surface area contributed by atoms with Crippen molar-refractivity contribution in [3.05, 3.63) is 53.6 Å². The summed E-state index contributed by atoms with van der Waals surface area (Å²) in [4.78, 5) is 15.1. The first kappa shape index (κ1) is 18.7. The van der Waals surface area contributed by atoms with E-state index in [2.05, 4.69) is 41.4 Å². The van der Waals surface area contributed by atoms with Crippen LogP contribution in [-0.4, -0.2) is 32.2 Å². The number of benzene rings is 2. The van der Waals surface area contributed by atoms with E-state index >= 15 is 0 Å². The van der Waals surface area contributed by atoms with Crippen LogP contribution in [0, 0.1) is 5.92 Å². The van der Waals surface area contributed by atoms with Crippen LogP contribution in [0.3, 0.4) is 0 Å². The SMILES string of the molecule is CC1CCN(c2ccc(C(C)NC(=O)c3ccc4c(c3)OCCO4)cc2)CC1. The zero-order valence-electron chi connectivity index (χ0n) is 16.6. The molecule has 28 heavy (non-hydrogen) atoms. The van der Waals surface area contributed by atoms with Gasteiger partial charge in [0.1, 0.15) is 13.2 Å². The maximum atomic E-state index is 12.6. The lowest BCUT2D eigenvalue weighted by Gasteiger charge is -2.32. The molecule has 4 rings (SSSR count). The van der Waals surface area contributed by atoms with Crippen molar-refractivity contribution in [2.45, 2.75) is 32.7 Å². The average molecular weight is 380 g/mol. The highest BCUT2D eigenvalue weighted by atomic mass is 16.6. The van der Waals surface area contributed by atoms with Gasteiger partial charge in [-0.2, -0.15) is 0 Å². The lowest BCUT2D eigenvalue weighted by Crippen LogP contribution is -2.32. The number of nitrogens with one attached hydrogen (secondary N) is 1. The fourth-order valence-corrected chi connectivity index (χ4v) is 3.79. The molecule has 0 spiro atoms. The molecule has 0 saturated carbocycles. The van der Waals surface area contributed by atoms with Crippen molar-refractivity contribution < 1.29 is 14.3 Å². The number of hydrogen-bond donors (Lipinski definition) is 1. The van der Waals surface area contributed by atoms with E-state index in [0.29, 0.717) is 30.3 Å². The standard InChI is InChI=1S/C23H28N2O3/c1-16-9-11-25(12-10-16)20-6-3-18(4-7-20)17(2)24-23(26)19-5-8-21-22(15-19)28-14-13-27-21/h3-8,15-17H,9-14H2,1-2H3,(H,24,26). The Labute approximate surface area is 166 Å². The summed E-state index contributed by atoms with van der Waals surface area (Å²) < 4.78 is 11.1. The molecule has 2 aromatic rings. The molecule has 0 aliphatic carbocycles. The first-order valence-corrected chi connectivity index (χ1v) is 10.2. The normalized spacial score (nSPS) is 17.9. The Kier molecular flexibility index (Phi) is 5.42. The summed E-state index contributed by atoms with van der Waals surface area (Å²) in [7, 11) is 0. The molecule has 2 aliphatic rings. The van der Waals surface area contributed by atoms with Gasteiger partial charge in [-0.15, -0.1) is 0 Å². The number of amides is 1. The van der Waals surface area contributed by atoms with Gasteiger partial charge in [-0.3, -0.25) is 4.79 Å². The number of hydrogen-bond acceptors (Lipinski definition) is 4. The van der Waals surface area contributed by atoms with E-state index in [-0.39, 0.29) is 11.9 Å². The number of rotatable bonds is 4. The third-order valence-electron chi connectivity index (χ3n) is 5.69. The van der Waals surface area contributed by atoms with Crippen LogP contribution in [0.25, 0.3) is 0 Å². The van der Waals surface area contributed by atoms with Crippen molar-refractivity contribution in [3.63, 3.8) is 0 Å². The highest BCUT2D eigenvalue weighted by Crippen LogP contribution is 2.31. The molecule has 1 saturated heterocycles. The number of fused-ring (bicyclic) bond motifs is 1. The van der Waals surface area contributed by atoms with E-state index in [1.54, 1.807) is 18.2 Å². The molecule has 2 aromatic carbocycles. The Hall–Kier alpha value is -2.69. The highest BCUT2D eigenvalue weighted by molar-refractivity contribution is 5.95. The highest BCUT2D eigenvalue weighted by Gasteiger charge is 2.18. The van der Waals surface area contributed by atoms with Crippen LogP contribution >= 0.6 is 0 Å². The summed E-state index contributed by atoms with van der Waals surface area (Å²) in [5.74, 6) is 2.04. The van der Waals surface area contributed by atoms with Crippen LogP contribution in [0.2, 0.25) is 0 Å². The van der Waals surface area contributed by atoms with Gasteiger partial charge in [0.15, 0.2) is 11.5 Å². The van der Waals surface area contributed by atoms with Gasteiger partial charge in [-0.05, 0) is 61.6 Å². The maximum absolute atomic E-state index is 12.6. The van der Waals surface area contributed by atoms with Gasteiger partial charge in [-0.25, -0.2) is 0 Å². The molecule has 1 fully saturated rings. The molecule has 1 unspecified atom stereocenters. The molecule has 0 radical (unpaired) electrons. The molecular formula is C23H28N2O3. The van der Waals surface area contributed by atoms with Crippen LogP contribution < -0.4 is 19.7 Å². The largest absolute Gasteiger partial charge is 0.486 e. The summed E-state index contributed by atoms with van der Waals surface area (Å²) >= 11 is 0. The van der Waals surface area contributed by atoms with E-state index in [0.717, 1.165) is 24.6 Å². The summed E-state index contributed by atoms with van der Waals surface area (Å²) in [6, 6.07) is 13.8. The van der Waals surface area contributed by atoms with Crippen LogP contribution in [0.5, 0.6) is 11.5 Å². The lowest BCUT2D eigenvalue weighted by molar-refractivity contribution is 0.0938. The Morgan fingerprint density at radius 2 is 1.71 bits per heavy atom. The number of carbonyl (C=O) groups is 1. The van der Waals surface area contributed by atoms with E-state index in [9.17, 15) is 4.79 Å². The van der Waals surface area contributed by atoms with Crippen molar-refractivity contribution in [3.8, 4) is 11.5 Å². The van der Waals surface area contributed by atoms with Crippen molar-refractivity contribution in [2.75, 3.05) is 31.2 Å². The van der Waals surface area contributed by atoms with Crippen molar-refractivity contribution in [2.24, 2.45) is 5.92 Å². The second-order valence-electron chi connectivity index (χ2n) is 7.81. The van der Waals surface area contributed by atoms with Crippen molar-refractivity contribution in [1.82, 2.24) is 5.32 Å². The predicted octanol–water partition coefficient (Wildman–Crippen LogP) is 4.19. The van der Waals surface area contributed by atoms with Crippen molar-refractivity contribution >= 4 is 11.6 Å². The minimum atomic E-state index is -0.112. The zero-order valence-corrected chi connectivity index (χ0v) is 16.6. The quantitative estimate of drug-likeness (QED) is 0.864. The number of piperidine rings is 1. The minimum Gasteiger partial charge on any atom is -0.486 e. The molecular weight excluding hydrogens is 352 g/mol. The second kappa shape index (κ2) is 8.13. The number of nitrogens with zero attached hydrogens (tertiary/aromatic N) is 1. The molecule has 1 amide bonds. The third-order valence-corrected chi connectivity index (χ3v) is 5.69. The van der Waals surface area contributed by atoms with Crippen LogP contribution in [-0.2, 0) is 0 Å². The molecule has 5 nitrogen and oxygen atoms in total. The Bertz CT molecular complexity index is 826. The average Bonchev–Trinajstić information content (AvgIpc) is 2.74. The fraction of sp³-hybridized carbons (Fsp3) is 0.435. The van der Waals surface area contributed by atoms with Crippen molar-refractivity contribution in [1.29, 1.82) is 0 Å². The minimum absolute atomic E-state index is 0.0730. The van der Waals surface area contributed by atoms with E-state index in [1.165, 1.54) is 18.5 Å². The predicted molar refractivity (Wildman–Crippen MR) is 110 cm³/mol. The van der Waals surface area contributed by atoms with E-state index in [1.807, 2.05) is 6.92 Å². The molecule has 5 heteroatoms. The van der Waals surface area contributed by atoms with Crippen LogP contribution in [0.4, 0.5) is 5.69 Å². The molecule has 0 aromatic heterocycles. The van der Waals surface area contributed by atoms with Gasteiger partial charge in [0, 0.05) is 24.3 Å². The molecule has 1 atom stereocenters.